The van der Waals surface area contributed by atoms with Crippen LogP contribution in [-0.2, 0) is 4.79 Å². The molecule has 4 heteroatoms. The molecule has 0 spiro atoms. The summed E-state index contributed by atoms with van der Waals surface area (Å²) in [4.78, 5) is 10.3. The van der Waals surface area contributed by atoms with Crippen molar-refractivity contribution in [1.82, 2.24) is 5.32 Å². The van der Waals surface area contributed by atoms with E-state index in [1.165, 1.54) is 32.1 Å². The van der Waals surface area contributed by atoms with Crippen molar-refractivity contribution >= 4 is 5.97 Å². The summed E-state index contributed by atoms with van der Waals surface area (Å²) in [5, 5.41) is 20.8. The molecule has 1 aliphatic carbocycles. The van der Waals surface area contributed by atoms with Crippen LogP contribution in [0, 0.1) is 5.92 Å². The lowest BCUT2D eigenvalue weighted by atomic mass is 10.0. The number of carbonyl (C=O) groups is 1. The molecule has 94 valence electrons. The quantitative estimate of drug-likeness (QED) is 0.550. The predicted molar refractivity (Wildman–Crippen MR) is 62.3 cm³/mol. The lowest BCUT2D eigenvalue weighted by molar-refractivity contribution is -0.139. The van der Waals surface area contributed by atoms with Crippen LogP contribution in [0.25, 0.3) is 0 Å². The Morgan fingerprint density at radius 1 is 1.38 bits per heavy atom. The molecule has 0 radical (unpaired) electrons. The molecule has 0 aliphatic heterocycles. The van der Waals surface area contributed by atoms with Crippen molar-refractivity contribution < 1.29 is 15.0 Å². The number of carboxylic acids is 1. The van der Waals surface area contributed by atoms with Crippen LogP contribution in [0.2, 0.25) is 0 Å². The lowest BCUT2D eigenvalue weighted by Crippen LogP contribution is -2.29. The summed E-state index contributed by atoms with van der Waals surface area (Å²) in [7, 11) is 0. The number of aliphatic hydroxyl groups excluding tert-OH is 1. The second-order valence-electron chi connectivity index (χ2n) is 4.75. The number of aliphatic carboxylic acids is 1. The largest absolute Gasteiger partial charge is 0.481 e. The van der Waals surface area contributed by atoms with Crippen molar-refractivity contribution in [2.45, 2.75) is 51.0 Å². The molecule has 0 bridgehead atoms. The Labute approximate surface area is 97.0 Å². The predicted octanol–water partition coefficient (Wildman–Crippen LogP) is 1.38. The standard InChI is InChI=1S/C12H23NO3/c14-11(8-12(15)16)9-13-7-3-6-10-4-1-2-5-10/h10-11,13-14H,1-9H2,(H,15,16). The average Bonchev–Trinajstić information content (AvgIpc) is 2.68. The van der Waals surface area contributed by atoms with Crippen molar-refractivity contribution in [3.8, 4) is 0 Å². The third kappa shape index (κ3) is 6.08. The van der Waals surface area contributed by atoms with Crippen LogP contribution in [-0.4, -0.2) is 35.4 Å². The van der Waals surface area contributed by atoms with Gasteiger partial charge in [-0.2, -0.15) is 0 Å². The average molecular weight is 229 g/mol. The Kier molecular flexibility index (Phi) is 6.42. The SMILES string of the molecule is O=C(O)CC(O)CNCCCC1CCCC1. The molecule has 0 heterocycles. The number of rotatable bonds is 8. The Morgan fingerprint density at radius 2 is 2.06 bits per heavy atom. The van der Waals surface area contributed by atoms with Crippen LogP contribution in [0.5, 0.6) is 0 Å². The molecule has 4 nitrogen and oxygen atoms in total. The van der Waals surface area contributed by atoms with Crippen molar-refractivity contribution in [3.05, 3.63) is 0 Å². The maximum Gasteiger partial charge on any atom is 0.306 e. The Hall–Kier alpha value is -0.610. The number of nitrogens with one attached hydrogen (secondary N) is 1. The highest BCUT2D eigenvalue weighted by atomic mass is 16.4. The van der Waals surface area contributed by atoms with Gasteiger partial charge in [-0.1, -0.05) is 25.7 Å². The first-order valence-corrected chi connectivity index (χ1v) is 6.29. The molecule has 0 saturated heterocycles. The van der Waals surface area contributed by atoms with E-state index in [-0.39, 0.29) is 6.42 Å². The van der Waals surface area contributed by atoms with Crippen molar-refractivity contribution in [2.75, 3.05) is 13.1 Å². The summed E-state index contributed by atoms with van der Waals surface area (Å²) in [6, 6.07) is 0. The molecule has 1 unspecified atom stereocenters. The third-order valence-electron chi connectivity index (χ3n) is 3.23. The summed E-state index contributed by atoms with van der Waals surface area (Å²) in [6.45, 7) is 1.27. The van der Waals surface area contributed by atoms with Gasteiger partial charge >= 0.3 is 5.97 Å². The van der Waals surface area contributed by atoms with Gasteiger partial charge in [-0.05, 0) is 25.3 Å². The fraction of sp³-hybridized carbons (Fsp3) is 0.917. The van der Waals surface area contributed by atoms with Gasteiger partial charge in [0.05, 0.1) is 12.5 Å². The summed E-state index contributed by atoms with van der Waals surface area (Å²) in [6.07, 6.45) is 6.99. The van der Waals surface area contributed by atoms with E-state index in [1.54, 1.807) is 0 Å². The normalized spacial score (nSPS) is 18.8. The molecule has 1 saturated carbocycles. The Morgan fingerprint density at radius 3 is 2.69 bits per heavy atom. The first-order chi connectivity index (χ1) is 7.68. The summed E-state index contributed by atoms with van der Waals surface area (Å²) < 4.78 is 0. The first-order valence-electron chi connectivity index (χ1n) is 6.29. The second kappa shape index (κ2) is 7.63. The molecule has 1 atom stereocenters. The van der Waals surface area contributed by atoms with Gasteiger partial charge in [0.1, 0.15) is 0 Å². The third-order valence-corrected chi connectivity index (χ3v) is 3.23. The van der Waals surface area contributed by atoms with Gasteiger partial charge < -0.3 is 15.5 Å². The van der Waals surface area contributed by atoms with E-state index >= 15 is 0 Å². The van der Waals surface area contributed by atoms with Crippen LogP contribution >= 0.6 is 0 Å². The van der Waals surface area contributed by atoms with E-state index in [4.69, 9.17) is 5.11 Å². The van der Waals surface area contributed by atoms with Gasteiger partial charge in [-0.15, -0.1) is 0 Å². The van der Waals surface area contributed by atoms with Crippen LogP contribution in [0.15, 0.2) is 0 Å². The molecular weight excluding hydrogens is 206 g/mol. The van der Waals surface area contributed by atoms with Crippen LogP contribution < -0.4 is 5.32 Å². The van der Waals surface area contributed by atoms with Gasteiger partial charge in [0.2, 0.25) is 0 Å². The molecule has 0 aromatic rings. The van der Waals surface area contributed by atoms with E-state index in [2.05, 4.69) is 5.32 Å². The van der Waals surface area contributed by atoms with E-state index in [9.17, 15) is 9.90 Å². The van der Waals surface area contributed by atoms with Crippen molar-refractivity contribution in [1.29, 1.82) is 0 Å². The minimum atomic E-state index is -0.944. The van der Waals surface area contributed by atoms with E-state index in [1.807, 2.05) is 0 Å². The van der Waals surface area contributed by atoms with Gasteiger partial charge in [0, 0.05) is 6.54 Å². The molecule has 16 heavy (non-hydrogen) atoms. The van der Waals surface area contributed by atoms with Crippen LogP contribution in [0.1, 0.15) is 44.9 Å². The fourth-order valence-electron chi connectivity index (χ4n) is 2.36. The number of aliphatic hydroxyl groups is 1. The fourth-order valence-corrected chi connectivity index (χ4v) is 2.36. The molecule has 3 N–H and O–H groups in total. The highest BCUT2D eigenvalue weighted by Gasteiger charge is 2.14. The van der Waals surface area contributed by atoms with Crippen molar-refractivity contribution in [3.63, 3.8) is 0 Å². The van der Waals surface area contributed by atoms with Gasteiger partial charge in [0.15, 0.2) is 0 Å². The van der Waals surface area contributed by atoms with E-state index in [0.717, 1.165) is 18.9 Å². The molecule has 1 rings (SSSR count). The number of carboxylic acid groups (broad SMARTS) is 1. The maximum atomic E-state index is 10.3. The molecular formula is C12H23NO3. The highest BCUT2D eigenvalue weighted by molar-refractivity contribution is 5.67. The molecule has 1 aliphatic rings. The zero-order chi connectivity index (χ0) is 11.8. The van der Waals surface area contributed by atoms with E-state index < -0.39 is 12.1 Å². The molecule has 0 aromatic heterocycles. The van der Waals surface area contributed by atoms with Gasteiger partial charge in [-0.3, -0.25) is 4.79 Å². The summed E-state index contributed by atoms with van der Waals surface area (Å²) >= 11 is 0. The zero-order valence-electron chi connectivity index (χ0n) is 9.82. The number of hydrogen-bond donors (Lipinski definition) is 3. The summed E-state index contributed by atoms with van der Waals surface area (Å²) in [5.74, 6) is -0.0361. The van der Waals surface area contributed by atoms with Crippen LogP contribution in [0.4, 0.5) is 0 Å². The summed E-state index contributed by atoms with van der Waals surface area (Å²) in [5.41, 5.74) is 0. The minimum absolute atomic E-state index is 0.171. The molecule has 0 aromatic carbocycles. The molecule has 0 amide bonds. The number of hydrogen-bond acceptors (Lipinski definition) is 3. The smallest absolute Gasteiger partial charge is 0.306 e. The highest BCUT2D eigenvalue weighted by Crippen LogP contribution is 2.28. The Bertz CT molecular complexity index is 202. The lowest BCUT2D eigenvalue weighted by Gasteiger charge is -2.11. The first kappa shape index (κ1) is 13.5. The van der Waals surface area contributed by atoms with Gasteiger partial charge in [0.25, 0.3) is 0 Å². The molecule has 1 fully saturated rings. The maximum absolute atomic E-state index is 10.3. The monoisotopic (exact) mass is 229 g/mol. The topological polar surface area (TPSA) is 69.6 Å². The Balaban J connectivity index is 1.89. The van der Waals surface area contributed by atoms with Crippen molar-refractivity contribution in [2.24, 2.45) is 5.92 Å². The van der Waals surface area contributed by atoms with E-state index in [0.29, 0.717) is 6.54 Å². The van der Waals surface area contributed by atoms with Gasteiger partial charge in [-0.25, -0.2) is 0 Å². The zero-order valence-corrected chi connectivity index (χ0v) is 9.82. The second-order valence-corrected chi connectivity index (χ2v) is 4.75. The van der Waals surface area contributed by atoms with Crippen LogP contribution in [0.3, 0.4) is 0 Å². The minimum Gasteiger partial charge on any atom is -0.481 e.